The van der Waals surface area contributed by atoms with E-state index in [-0.39, 0.29) is 12.1 Å². The van der Waals surface area contributed by atoms with Gasteiger partial charge in [-0.25, -0.2) is 0 Å². The van der Waals surface area contributed by atoms with Crippen molar-refractivity contribution in [1.82, 2.24) is 0 Å². The molecule has 0 aliphatic carbocycles. The van der Waals surface area contributed by atoms with Crippen molar-refractivity contribution in [3.63, 3.8) is 0 Å². The molecule has 0 saturated heterocycles. The molecular formula is C48H88O2. The maximum atomic E-state index is 12.8. The number of esters is 1. The fraction of sp³-hybridized carbons (Fsp3) is 0.812. The van der Waals surface area contributed by atoms with Crippen LogP contribution in [0.1, 0.15) is 248 Å². The number of ether oxygens (including phenoxy) is 1. The molecule has 50 heavy (non-hydrogen) atoms. The molecule has 0 aliphatic rings. The molecule has 292 valence electrons. The molecule has 0 radical (unpaired) electrons. The summed E-state index contributed by atoms with van der Waals surface area (Å²) in [5, 5.41) is 0. The van der Waals surface area contributed by atoms with Gasteiger partial charge in [0.05, 0.1) is 0 Å². The zero-order valence-corrected chi connectivity index (χ0v) is 35.1. The van der Waals surface area contributed by atoms with E-state index in [0.717, 1.165) is 44.9 Å². The SMILES string of the molecule is CCCCCCCCCCCCCCCCCCCCCCCCCCCC(=O)OC(C=C(C)CCC=C(C)C)CC=C(C)CCC=C(C)C. The van der Waals surface area contributed by atoms with Gasteiger partial charge in [-0.15, -0.1) is 0 Å². The van der Waals surface area contributed by atoms with E-state index in [0.29, 0.717) is 6.42 Å². The third-order valence-electron chi connectivity index (χ3n) is 10.1. The molecule has 0 saturated carbocycles. The molecule has 0 heterocycles. The van der Waals surface area contributed by atoms with Crippen molar-refractivity contribution in [1.29, 1.82) is 0 Å². The zero-order valence-electron chi connectivity index (χ0n) is 35.1. The third kappa shape index (κ3) is 37.7. The summed E-state index contributed by atoms with van der Waals surface area (Å²) in [6.07, 6.45) is 49.2. The minimum atomic E-state index is -0.160. The number of carbonyl (C=O) groups is 1. The maximum absolute atomic E-state index is 12.8. The van der Waals surface area contributed by atoms with Crippen molar-refractivity contribution in [3.8, 4) is 0 Å². The van der Waals surface area contributed by atoms with E-state index in [1.807, 2.05) is 0 Å². The first-order valence-electron chi connectivity index (χ1n) is 22.0. The number of hydrogen-bond donors (Lipinski definition) is 0. The fourth-order valence-corrected chi connectivity index (χ4v) is 6.78. The van der Waals surface area contributed by atoms with Crippen LogP contribution in [0, 0.1) is 0 Å². The van der Waals surface area contributed by atoms with Crippen LogP contribution < -0.4 is 0 Å². The van der Waals surface area contributed by atoms with Gasteiger partial charge in [-0.05, 0) is 79.7 Å². The van der Waals surface area contributed by atoms with Crippen LogP contribution >= 0.6 is 0 Å². The van der Waals surface area contributed by atoms with E-state index in [1.54, 1.807) is 0 Å². The molecule has 0 aromatic carbocycles. The Bertz CT molecular complexity index is 880. The number of carbonyl (C=O) groups excluding carboxylic acids is 1. The highest BCUT2D eigenvalue weighted by molar-refractivity contribution is 5.69. The molecule has 0 fully saturated rings. The molecule has 0 aromatic heterocycles. The summed E-state index contributed by atoms with van der Waals surface area (Å²) in [5.41, 5.74) is 5.41. The van der Waals surface area contributed by atoms with Gasteiger partial charge in [0, 0.05) is 12.8 Å². The number of allylic oxidation sites excluding steroid dienone is 6. The Balaban J connectivity index is 3.87. The summed E-state index contributed by atoms with van der Waals surface area (Å²) >= 11 is 0. The Morgan fingerprint density at radius 3 is 1.14 bits per heavy atom. The van der Waals surface area contributed by atoms with Crippen LogP contribution in [0.5, 0.6) is 0 Å². The smallest absolute Gasteiger partial charge is 0.306 e. The van der Waals surface area contributed by atoms with Crippen LogP contribution in [0.15, 0.2) is 46.6 Å². The summed E-state index contributed by atoms with van der Waals surface area (Å²) < 4.78 is 6.01. The molecule has 2 nitrogen and oxygen atoms in total. The molecule has 2 heteroatoms. The average molecular weight is 697 g/mol. The van der Waals surface area contributed by atoms with Gasteiger partial charge in [0.2, 0.25) is 0 Å². The predicted octanol–water partition coefficient (Wildman–Crippen LogP) is 16.8. The highest BCUT2D eigenvalue weighted by Crippen LogP contribution is 2.18. The normalized spacial score (nSPS) is 12.6. The summed E-state index contributed by atoms with van der Waals surface area (Å²) in [6.45, 7) is 15.3. The van der Waals surface area contributed by atoms with Crippen molar-refractivity contribution in [2.45, 2.75) is 254 Å². The monoisotopic (exact) mass is 697 g/mol. The molecule has 1 atom stereocenters. The molecular weight excluding hydrogens is 609 g/mol. The van der Waals surface area contributed by atoms with Gasteiger partial charge in [-0.1, -0.05) is 202 Å². The second-order valence-corrected chi connectivity index (χ2v) is 16.2. The summed E-state index contributed by atoms with van der Waals surface area (Å²) in [4.78, 5) is 12.8. The first-order valence-corrected chi connectivity index (χ1v) is 22.0. The number of rotatable bonds is 36. The van der Waals surface area contributed by atoms with Crippen LogP contribution in [0.25, 0.3) is 0 Å². The third-order valence-corrected chi connectivity index (χ3v) is 10.1. The topological polar surface area (TPSA) is 26.3 Å². The number of hydrogen-bond acceptors (Lipinski definition) is 2. The maximum Gasteiger partial charge on any atom is 0.306 e. The van der Waals surface area contributed by atoms with Crippen LogP contribution in [0.3, 0.4) is 0 Å². The second-order valence-electron chi connectivity index (χ2n) is 16.2. The molecule has 1 unspecified atom stereocenters. The lowest BCUT2D eigenvalue weighted by Crippen LogP contribution is -2.16. The van der Waals surface area contributed by atoms with Gasteiger partial charge in [0.15, 0.2) is 0 Å². The lowest BCUT2D eigenvalue weighted by Gasteiger charge is -2.15. The van der Waals surface area contributed by atoms with Gasteiger partial charge >= 0.3 is 5.97 Å². The van der Waals surface area contributed by atoms with E-state index in [2.05, 4.69) is 72.8 Å². The van der Waals surface area contributed by atoms with Gasteiger partial charge in [-0.3, -0.25) is 4.79 Å². The van der Waals surface area contributed by atoms with E-state index >= 15 is 0 Å². The lowest BCUT2D eigenvalue weighted by molar-refractivity contribution is -0.146. The minimum Gasteiger partial charge on any atom is -0.458 e. The molecule has 0 aliphatic heterocycles. The van der Waals surface area contributed by atoms with Crippen LogP contribution in [-0.2, 0) is 9.53 Å². The second kappa shape index (κ2) is 37.2. The van der Waals surface area contributed by atoms with E-state index in [9.17, 15) is 4.79 Å². The van der Waals surface area contributed by atoms with Crippen molar-refractivity contribution in [2.75, 3.05) is 0 Å². The average Bonchev–Trinajstić information content (AvgIpc) is 3.06. The molecule has 0 aromatic rings. The van der Waals surface area contributed by atoms with Crippen molar-refractivity contribution >= 4 is 5.97 Å². The van der Waals surface area contributed by atoms with Gasteiger partial charge < -0.3 is 4.74 Å². The van der Waals surface area contributed by atoms with Gasteiger partial charge in [-0.2, -0.15) is 0 Å². The Kier molecular flexibility index (Phi) is 36.0. The van der Waals surface area contributed by atoms with Crippen LogP contribution in [0.2, 0.25) is 0 Å². The Morgan fingerprint density at radius 2 is 0.780 bits per heavy atom. The first kappa shape index (κ1) is 48.4. The van der Waals surface area contributed by atoms with Gasteiger partial charge in [0.1, 0.15) is 6.10 Å². The largest absolute Gasteiger partial charge is 0.458 e. The Hall–Kier alpha value is -1.57. The van der Waals surface area contributed by atoms with Gasteiger partial charge in [0.25, 0.3) is 0 Å². The standard InChI is InChI=1S/C48H88O2/c1-8-9-10-11-12-13-14-15-16-17-18-19-20-21-22-23-24-25-26-27-28-29-30-31-32-39-48(49)50-47(42-46(7)38-34-36-44(4)5)41-40-45(6)37-33-35-43(2)3/h35-36,40,42,47H,8-34,37-39,41H2,1-7H3. The lowest BCUT2D eigenvalue weighted by atomic mass is 10.0. The molecule has 0 bridgehead atoms. The molecule has 0 N–H and O–H groups in total. The van der Waals surface area contributed by atoms with Crippen LogP contribution in [0.4, 0.5) is 0 Å². The quantitative estimate of drug-likeness (QED) is 0.0370. The zero-order chi connectivity index (χ0) is 36.9. The summed E-state index contributed by atoms with van der Waals surface area (Å²) in [5.74, 6) is -0.0342. The van der Waals surface area contributed by atoms with E-state index in [1.165, 1.54) is 170 Å². The van der Waals surface area contributed by atoms with Crippen molar-refractivity contribution in [3.05, 3.63) is 46.6 Å². The van der Waals surface area contributed by atoms with Crippen molar-refractivity contribution < 1.29 is 9.53 Å². The fourth-order valence-electron chi connectivity index (χ4n) is 6.78. The highest BCUT2D eigenvalue weighted by Gasteiger charge is 2.12. The van der Waals surface area contributed by atoms with Crippen molar-refractivity contribution in [2.24, 2.45) is 0 Å². The first-order chi connectivity index (χ1) is 24.2. The minimum absolute atomic E-state index is 0.0342. The van der Waals surface area contributed by atoms with E-state index < -0.39 is 0 Å². The molecule has 0 amide bonds. The van der Waals surface area contributed by atoms with Crippen LogP contribution in [-0.4, -0.2) is 12.1 Å². The highest BCUT2D eigenvalue weighted by atomic mass is 16.5. The molecule has 0 spiro atoms. The summed E-state index contributed by atoms with van der Waals surface area (Å²) in [7, 11) is 0. The molecule has 0 rings (SSSR count). The predicted molar refractivity (Wildman–Crippen MR) is 225 cm³/mol. The summed E-state index contributed by atoms with van der Waals surface area (Å²) in [6, 6.07) is 0. The Labute approximate surface area is 314 Å². The number of unbranched alkanes of at least 4 members (excludes halogenated alkanes) is 24. The van der Waals surface area contributed by atoms with E-state index in [4.69, 9.17) is 4.74 Å². The Morgan fingerprint density at radius 1 is 0.440 bits per heavy atom.